The molecule has 0 atom stereocenters. The lowest BCUT2D eigenvalue weighted by Crippen LogP contribution is -1.88. The first-order valence-corrected chi connectivity index (χ1v) is 6.01. The van der Waals surface area contributed by atoms with Gasteiger partial charge >= 0.3 is 7.82 Å². The molecule has 0 aliphatic rings. The lowest BCUT2D eigenvalue weighted by Gasteiger charge is -2.04. The first-order chi connectivity index (χ1) is 6.49. The quantitative estimate of drug-likeness (QED) is 0.632. The summed E-state index contributed by atoms with van der Waals surface area (Å²) in [5, 5.41) is 0.194. The van der Waals surface area contributed by atoms with Gasteiger partial charge in [-0.1, -0.05) is 18.2 Å². The Morgan fingerprint density at radius 2 is 1.64 bits per heavy atom. The summed E-state index contributed by atoms with van der Waals surface area (Å²) in [7, 11) is -4.39. The average Bonchev–Trinajstić information content (AvgIpc) is 2.04. The molecule has 0 unspecified atom stereocenters. The fourth-order valence-electron chi connectivity index (χ4n) is 0.619. The monoisotopic (exact) mass is 258 g/mol. The van der Waals surface area contributed by atoms with E-state index in [1.165, 1.54) is 12.1 Å². The van der Waals surface area contributed by atoms with Crippen molar-refractivity contribution in [2.45, 2.75) is 0 Å². The Morgan fingerprint density at radius 3 is 2.00 bits per heavy atom. The van der Waals surface area contributed by atoms with Gasteiger partial charge in [-0.2, -0.15) is 0 Å². The Kier molecular flexibility index (Phi) is 6.97. The lowest BCUT2D eigenvalue weighted by atomic mass is 10.3. The fraction of sp³-hybridized carbons (Fsp3) is 0.143. The van der Waals surface area contributed by atoms with Crippen LogP contribution >= 0.6 is 31.0 Å². The zero-order valence-corrected chi connectivity index (χ0v) is 9.41. The molecule has 0 fully saturated rings. The predicted octanol–water partition coefficient (Wildman–Crippen LogP) is 2.58. The highest BCUT2D eigenvalue weighted by molar-refractivity contribution is 7.46. The van der Waals surface area contributed by atoms with E-state index in [0.29, 0.717) is 0 Å². The Labute approximate surface area is 91.7 Å². The van der Waals surface area contributed by atoms with Crippen LogP contribution in [0, 0.1) is 0 Å². The molecule has 4 nitrogen and oxygen atoms in total. The van der Waals surface area contributed by atoms with Crippen molar-refractivity contribution in [1.29, 1.82) is 0 Å². The van der Waals surface area contributed by atoms with E-state index in [2.05, 4.69) is 4.52 Å². The fourth-order valence-corrected chi connectivity index (χ4v) is 1.02. The average molecular weight is 259 g/mol. The second-order valence-corrected chi connectivity index (χ2v) is 3.97. The van der Waals surface area contributed by atoms with Crippen molar-refractivity contribution in [1.82, 2.24) is 0 Å². The lowest BCUT2D eigenvalue weighted by molar-refractivity contribution is 0.283. The van der Waals surface area contributed by atoms with Crippen molar-refractivity contribution in [3.63, 3.8) is 0 Å². The number of halogens is 2. The summed E-state index contributed by atoms with van der Waals surface area (Å²) in [6.07, 6.45) is 0. The maximum Gasteiger partial charge on any atom is 0.524 e. The highest BCUT2D eigenvalue weighted by Crippen LogP contribution is 2.36. The van der Waals surface area contributed by atoms with Gasteiger partial charge in [0.15, 0.2) is 0 Å². The normalized spacial score (nSPS) is 10.0. The molecule has 0 aromatic heterocycles. The second-order valence-electron chi connectivity index (χ2n) is 2.00. The van der Waals surface area contributed by atoms with Gasteiger partial charge in [0, 0.05) is 0 Å². The summed E-state index contributed by atoms with van der Waals surface area (Å²) in [4.78, 5) is 16.7. The molecule has 1 aromatic carbocycles. The number of rotatable bonds is 2. The van der Waals surface area contributed by atoms with Gasteiger partial charge in [0.2, 0.25) is 0 Å². The smallest absolute Gasteiger partial charge is 0.404 e. The zero-order chi connectivity index (χ0) is 11.0. The van der Waals surface area contributed by atoms with Crippen molar-refractivity contribution >= 4 is 31.0 Å². The van der Waals surface area contributed by atoms with E-state index < -0.39 is 7.82 Å². The van der Waals surface area contributed by atoms with E-state index in [0.717, 1.165) is 0 Å². The van der Waals surface area contributed by atoms with E-state index in [9.17, 15) is 4.57 Å². The Hall–Kier alpha value is -0.250. The zero-order valence-electron chi connectivity index (χ0n) is 7.01. The first kappa shape index (κ1) is 13.8. The van der Waals surface area contributed by atoms with Crippen molar-refractivity contribution < 1.29 is 18.9 Å². The van der Waals surface area contributed by atoms with Gasteiger partial charge in [0.1, 0.15) is 5.75 Å². The van der Waals surface area contributed by atoms with Gasteiger partial charge in [-0.25, -0.2) is 4.57 Å². The maximum absolute atomic E-state index is 10.3. The molecule has 0 saturated heterocycles. The van der Waals surface area contributed by atoms with Crippen LogP contribution in [-0.2, 0) is 4.57 Å². The van der Waals surface area contributed by atoms with E-state index in [1.54, 1.807) is 18.2 Å². The van der Waals surface area contributed by atoms with Crippen LogP contribution in [-0.4, -0.2) is 15.1 Å². The second kappa shape index (κ2) is 7.10. The first-order valence-electron chi connectivity index (χ1n) is 3.41. The van der Waals surface area contributed by atoms with Crippen molar-refractivity contribution in [3.05, 3.63) is 30.3 Å². The van der Waals surface area contributed by atoms with Gasteiger partial charge in [0.05, 0.1) is 5.34 Å². The van der Waals surface area contributed by atoms with Crippen LogP contribution in [0.25, 0.3) is 0 Å². The topological polar surface area (TPSA) is 66.8 Å². The summed E-state index contributed by atoms with van der Waals surface area (Å²) in [6.45, 7) is 0. The third-order valence-electron chi connectivity index (χ3n) is 0.968. The molecule has 14 heavy (non-hydrogen) atoms. The van der Waals surface area contributed by atoms with Crippen molar-refractivity contribution in [3.8, 4) is 5.75 Å². The van der Waals surface area contributed by atoms with Crippen LogP contribution in [0.2, 0.25) is 0 Å². The van der Waals surface area contributed by atoms with Gasteiger partial charge in [-0.15, -0.1) is 23.2 Å². The molecular weight excluding hydrogens is 250 g/mol. The molecule has 1 rings (SSSR count). The minimum atomic E-state index is -4.39. The molecular formula is C7H9Cl2O4P. The molecule has 0 radical (unpaired) electrons. The van der Waals surface area contributed by atoms with Crippen LogP contribution in [0.1, 0.15) is 0 Å². The number of hydrogen-bond acceptors (Lipinski definition) is 2. The summed E-state index contributed by atoms with van der Waals surface area (Å²) in [5.41, 5.74) is 0. The van der Waals surface area contributed by atoms with E-state index in [4.69, 9.17) is 33.0 Å². The molecule has 80 valence electrons. The largest absolute Gasteiger partial charge is 0.524 e. The van der Waals surface area contributed by atoms with Crippen LogP contribution in [0.5, 0.6) is 5.75 Å². The standard InChI is InChI=1S/C6H7O4P.CH2Cl2/c7-11(8,9)10-6-4-2-1-3-5-6;2-1-3/h1-5H,(H2,7,8,9);1H2. The Bertz CT molecular complexity index is 287. The highest BCUT2D eigenvalue weighted by atomic mass is 35.5. The van der Waals surface area contributed by atoms with Crippen molar-refractivity contribution in [2.24, 2.45) is 0 Å². The van der Waals surface area contributed by atoms with E-state index in [1.807, 2.05) is 0 Å². The molecule has 0 aliphatic carbocycles. The third-order valence-corrected chi connectivity index (χ3v) is 1.42. The van der Waals surface area contributed by atoms with Crippen molar-refractivity contribution in [2.75, 3.05) is 5.34 Å². The van der Waals surface area contributed by atoms with Crippen LogP contribution < -0.4 is 4.52 Å². The van der Waals surface area contributed by atoms with Crippen LogP contribution in [0.3, 0.4) is 0 Å². The minimum Gasteiger partial charge on any atom is -0.404 e. The van der Waals surface area contributed by atoms with E-state index in [-0.39, 0.29) is 11.1 Å². The van der Waals surface area contributed by atoms with Crippen LogP contribution in [0.15, 0.2) is 30.3 Å². The molecule has 2 N–H and O–H groups in total. The number of para-hydroxylation sites is 1. The summed E-state index contributed by atoms with van der Waals surface area (Å²) in [5.74, 6) is 0.167. The van der Waals surface area contributed by atoms with E-state index >= 15 is 0 Å². The minimum absolute atomic E-state index is 0.167. The van der Waals surface area contributed by atoms with Crippen LogP contribution in [0.4, 0.5) is 0 Å². The summed E-state index contributed by atoms with van der Waals surface area (Å²) >= 11 is 9.53. The number of phosphoric ester groups is 1. The highest BCUT2D eigenvalue weighted by Gasteiger charge is 2.14. The summed E-state index contributed by atoms with van der Waals surface area (Å²) < 4.78 is 14.5. The molecule has 1 aromatic rings. The number of benzene rings is 1. The Morgan fingerprint density at radius 1 is 1.21 bits per heavy atom. The molecule has 0 heterocycles. The molecule has 0 spiro atoms. The maximum atomic E-state index is 10.3. The van der Waals surface area contributed by atoms with Gasteiger partial charge in [-0.05, 0) is 12.1 Å². The summed E-state index contributed by atoms with van der Waals surface area (Å²) in [6, 6.07) is 7.93. The molecule has 0 amide bonds. The van der Waals surface area contributed by atoms with Gasteiger partial charge < -0.3 is 4.52 Å². The molecule has 0 aliphatic heterocycles. The Balaban J connectivity index is 0.000000500. The van der Waals surface area contributed by atoms with Gasteiger partial charge in [0.25, 0.3) is 0 Å². The number of phosphoric acid groups is 1. The SMILES string of the molecule is ClCCl.O=P(O)(O)Oc1ccccc1. The molecule has 7 heteroatoms. The molecule has 0 saturated carbocycles. The third kappa shape index (κ3) is 8.35. The number of alkyl halides is 2. The number of hydrogen-bond donors (Lipinski definition) is 2. The molecule has 0 bridgehead atoms. The predicted molar refractivity (Wildman–Crippen MR) is 55.7 cm³/mol. The van der Waals surface area contributed by atoms with Gasteiger partial charge in [-0.3, -0.25) is 9.79 Å².